The molecule has 0 radical (unpaired) electrons. The van der Waals surface area contributed by atoms with Gasteiger partial charge in [-0.05, 0) is 24.3 Å². The summed E-state index contributed by atoms with van der Waals surface area (Å²) >= 11 is 1.54. The largest absolute Gasteiger partial charge is 0.496 e. The summed E-state index contributed by atoms with van der Waals surface area (Å²) in [5.41, 5.74) is 1.10. The number of rotatable bonds is 4. The molecule has 0 aromatic heterocycles. The van der Waals surface area contributed by atoms with Crippen molar-refractivity contribution in [3.63, 3.8) is 0 Å². The van der Waals surface area contributed by atoms with Crippen molar-refractivity contribution in [2.45, 2.75) is 15.0 Å². The molecule has 3 rings (SSSR count). The summed E-state index contributed by atoms with van der Waals surface area (Å²) in [6.45, 7) is 0. The first-order valence-corrected chi connectivity index (χ1v) is 9.98. The minimum atomic E-state index is -2.89. The van der Waals surface area contributed by atoms with Crippen LogP contribution in [0.3, 0.4) is 0 Å². The van der Waals surface area contributed by atoms with Gasteiger partial charge in [0, 0.05) is 17.5 Å². The molecular formula is C17H19NO4S2. The van der Waals surface area contributed by atoms with Crippen molar-refractivity contribution in [1.82, 2.24) is 5.32 Å². The summed E-state index contributed by atoms with van der Waals surface area (Å²) in [4.78, 5) is 13.6. The van der Waals surface area contributed by atoms with E-state index in [0.29, 0.717) is 21.8 Å². The van der Waals surface area contributed by atoms with Crippen LogP contribution >= 0.6 is 22.4 Å². The summed E-state index contributed by atoms with van der Waals surface area (Å²) in [7, 11) is 0.162. The van der Waals surface area contributed by atoms with Gasteiger partial charge in [0.1, 0.15) is 5.75 Å². The van der Waals surface area contributed by atoms with Gasteiger partial charge in [0.05, 0.1) is 28.6 Å². The number of hydrogen-bond acceptors (Lipinski definition) is 5. The van der Waals surface area contributed by atoms with Gasteiger partial charge in [-0.25, -0.2) is 0 Å². The van der Waals surface area contributed by atoms with Crippen molar-refractivity contribution >= 4 is 28.3 Å². The van der Waals surface area contributed by atoms with Crippen molar-refractivity contribution in [3.8, 4) is 5.75 Å². The number of hydrogen-bond donors (Lipinski definition) is 3. The van der Waals surface area contributed by atoms with E-state index in [2.05, 4.69) is 5.32 Å². The van der Waals surface area contributed by atoms with Crippen molar-refractivity contribution in [3.05, 3.63) is 53.6 Å². The molecule has 0 aliphatic carbocycles. The first-order chi connectivity index (χ1) is 11.5. The average Bonchev–Trinajstić information content (AvgIpc) is 2.84. The van der Waals surface area contributed by atoms with Gasteiger partial charge in [-0.1, -0.05) is 18.2 Å². The Hall–Kier alpha value is -1.67. The molecule has 1 unspecified atom stereocenters. The molecule has 0 fully saturated rings. The van der Waals surface area contributed by atoms with E-state index in [1.54, 1.807) is 30.9 Å². The summed E-state index contributed by atoms with van der Waals surface area (Å²) in [6, 6.07) is 13.0. The van der Waals surface area contributed by atoms with Crippen molar-refractivity contribution in [2.75, 3.05) is 19.9 Å². The second kappa shape index (κ2) is 6.68. The summed E-state index contributed by atoms with van der Waals surface area (Å²) in [5, 5.41) is 2.40. The standard InChI is InChI=1S/C17H19NO4S2/c1-18-17(19)12-8-9-14-15(16(12)22-2)13(10-24(14,20)21)23-11-6-4-3-5-7-11/h3-9,13,20-21H,10H2,1-2H3,(H,18,19). The van der Waals surface area contributed by atoms with Crippen LogP contribution < -0.4 is 10.1 Å². The molecule has 5 nitrogen and oxygen atoms in total. The van der Waals surface area contributed by atoms with E-state index >= 15 is 0 Å². The Kier molecular flexibility index (Phi) is 4.78. The molecule has 0 bridgehead atoms. The maximum absolute atomic E-state index is 12.1. The fourth-order valence-corrected chi connectivity index (χ4v) is 6.40. The van der Waals surface area contributed by atoms with E-state index in [4.69, 9.17) is 4.74 Å². The normalized spacial score (nSPS) is 19.4. The minimum Gasteiger partial charge on any atom is -0.496 e. The fourth-order valence-electron chi connectivity index (χ4n) is 2.85. The molecule has 7 heteroatoms. The first-order valence-electron chi connectivity index (χ1n) is 7.38. The molecule has 1 aliphatic heterocycles. The van der Waals surface area contributed by atoms with E-state index in [0.717, 1.165) is 4.90 Å². The predicted molar refractivity (Wildman–Crippen MR) is 97.4 cm³/mol. The van der Waals surface area contributed by atoms with Crippen LogP contribution in [-0.2, 0) is 0 Å². The van der Waals surface area contributed by atoms with Gasteiger partial charge in [-0.15, -0.1) is 11.8 Å². The number of fused-ring (bicyclic) bond motifs is 1. The second-order valence-electron chi connectivity index (χ2n) is 5.39. The van der Waals surface area contributed by atoms with Crippen LogP contribution in [0.5, 0.6) is 5.75 Å². The molecule has 24 heavy (non-hydrogen) atoms. The highest BCUT2D eigenvalue weighted by Gasteiger charge is 2.39. The van der Waals surface area contributed by atoms with Gasteiger partial charge in [-0.2, -0.15) is 10.6 Å². The number of carbonyl (C=O) groups excluding carboxylic acids is 1. The lowest BCUT2D eigenvalue weighted by molar-refractivity contribution is 0.0959. The summed E-state index contributed by atoms with van der Waals surface area (Å²) in [5.74, 6) is 0.370. The lowest BCUT2D eigenvalue weighted by Gasteiger charge is -2.27. The van der Waals surface area contributed by atoms with Crippen LogP contribution in [0, 0.1) is 0 Å². The zero-order valence-corrected chi connectivity index (χ0v) is 15.0. The Morgan fingerprint density at radius 1 is 1.25 bits per heavy atom. The van der Waals surface area contributed by atoms with Gasteiger partial charge in [0.15, 0.2) is 0 Å². The first kappa shape index (κ1) is 17.2. The van der Waals surface area contributed by atoms with Crippen molar-refractivity contribution in [2.24, 2.45) is 0 Å². The zero-order valence-electron chi connectivity index (χ0n) is 13.4. The Balaban J connectivity index is 2.10. The van der Waals surface area contributed by atoms with E-state index in [1.807, 2.05) is 30.3 Å². The van der Waals surface area contributed by atoms with Gasteiger partial charge in [0.25, 0.3) is 5.91 Å². The molecule has 1 aliphatic rings. The van der Waals surface area contributed by atoms with Crippen molar-refractivity contribution < 1.29 is 18.6 Å². The fraction of sp³-hybridized carbons (Fsp3) is 0.235. The summed E-state index contributed by atoms with van der Waals surface area (Å²) in [6.07, 6.45) is 0. The third kappa shape index (κ3) is 3.00. The number of thioether (sulfide) groups is 1. The Morgan fingerprint density at radius 3 is 2.58 bits per heavy atom. The smallest absolute Gasteiger partial charge is 0.254 e. The predicted octanol–water partition coefficient (Wildman–Crippen LogP) is 4.01. The van der Waals surface area contributed by atoms with Gasteiger partial charge in [0.2, 0.25) is 0 Å². The number of carbonyl (C=O) groups is 1. The van der Waals surface area contributed by atoms with Crippen LogP contribution in [0.2, 0.25) is 0 Å². The highest BCUT2D eigenvalue weighted by molar-refractivity contribution is 8.25. The Morgan fingerprint density at radius 2 is 1.96 bits per heavy atom. The van der Waals surface area contributed by atoms with Crippen LogP contribution in [0.25, 0.3) is 0 Å². The Bertz CT molecular complexity index is 765. The van der Waals surface area contributed by atoms with Gasteiger partial charge in [-0.3, -0.25) is 13.9 Å². The zero-order chi connectivity index (χ0) is 17.3. The minimum absolute atomic E-state index is 0.188. The van der Waals surface area contributed by atoms with Crippen LogP contribution in [0.15, 0.2) is 52.3 Å². The number of amides is 1. The molecule has 2 aromatic carbocycles. The molecule has 1 atom stereocenters. The third-order valence-electron chi connectivity index (χ3n) is 3.91. The highest BCUT2D eigenvalue weighted by Crippen LogP contribution is 2.65. The van der Waals surface area contributed by atoms with Gasteiger partial charge >= 0.3 is 0 Å². The maximum Gasteiger partial charge on any atom is 0.254 e. The highest BCUT2D eigenvalue weighted by atomic mass is 32.3. The molecule has 1 heterocycles. The SMILES string of the molecule is CNC(=O)c1ccc2c(c1OC)C(Sc1ccccc1)CS2(O)O. The van der Waals surface area contributed by atoms with E-state index in [9.17, 15) is 13.9 Å². The van der Waals surface area contributed by atoms with Crippen LogP contribution in [0.4, 0.5) is 0 Å². The van der Waals surface area contributed by atoms with Crippen molar-refractivity contribution in [1.29, 1.82) is 0 Å². The number of benzene rings is 2. The molecule has 3 N–H and O–H groups in total. The molecule has 2 aromatic rings. The molecule has 0 spiro atoms. The molecule has 0 saturated carbocycles. The summed E-state index contributed by atoms with van der Waals surface area (Å²) < 4.78 is 26.4. The van der Waals surface area contributed by atoms with E-state index in [-0.39, 0.29) is 16.9 Å². The number of methoxy groups -OCH3 is 1. The molecule has 128 valence electrons. The molecular weight excluding hydrogens is 346 g/mol. The third-order valence-corrected chi connectivity index (χ3v) is 7.21. The monoisotopic (exact) mass is 365 g/mol. The number of ether oxygens (including phenoxy) is 1. The van der Waals surface area contributed by atoms with E-state index in [1.165, 1.54) is 7.11 Å². The number of nitrogens with one attached hydrogen (secondary N) is 1. The van der Waals surface area contributed by atoms with Gasteiger partial charge < -0.3 is 10.1 Å². The lowest BCUT2D eigenvalue weighted by atomic mass is 10.1. The molecule has 1 amide bonds. The lowest BCUT2D eigenvalue weighted by Crippen LogP contribution is -2.19. The topological polar surface area (TPSA) is 78.8 Å². The maximum atomic E-state index is 12.1. The van der Waals surface area contributed by atoms with Crippen LogP contribution in [0.1, 0.15) is 21.2 Å². The quantitative estimate of drug-likeness (QED) is 0.763. The Labute approximate surface area is 146 Å². The second-order valence-corrected chi connectivity index (χ2v) is 8.77. The average molecular weight is 365 g/mol. The molecule has 0 saturated heterocycles. The van der Waals surface area contributed by atoms with E-state index < -0.39 is 10.6 Å². The van der Waals surface area contributed by atoms with Crippen LogP contribution in [-0.4, -0.2) is 34.9 Å².